The van der Waals surface area contributed by atoms with Gasteiger partial charge in [-0.05, 0) is 30.5 Å². The molecule has 114 valence electrons. The largest absolute Gasteiger partial charge is 0.497 e. The predicted molar refractivity (Wildman–Crippen MR) is 87.5 cm³/mol. The van der Waals surface area contributed by atoms with Crippen molar-refractivity contribution in [3.63, 3.8) is 0 Å². The average Bonchev–Trinajstić information content (AvgIpc) is 2.89. The van der Waals surface area contributed by atoms with Crippen LogP contribution in [0.3, 0.4) is 0 Å². The fourth-order valence-corrected chi connectivity index (χ4v) is 2.88. The zero-order valence-corrected chi connectivity index (χ0v) is 13.1. The van der Waals surface area contributed by atoms with E-state index in [-0.39, 0.29) is 0 Å². The minimum absolute atomic E-state index is 0.478. The van der Waals surface area contributed by atoms with Crippen LogP contribution in [0.15, 0.2) is 24.3 Å². The van der Waals surface area contributed by atoms with Crippen LogP contribution in [0.25, 0.3) is 11.1 Å². The summed E-state index contributed by atoms with van der Waals surface area (Å²) in [4.78, 5) is 0. The van der Waals surface area contributed by atoms with Crippen LogP contribution in [0.4, 0.5) is 5.82 Å². The zero-order chi connectivity index (χ0) is 15.2. The maximum Gasteiger partial charge on any atom is 0.153 e. The van der Waals surface area contributed by atoms with E-state index in [9.17, 15) is 0 Å². The highest BCUT2D eigenvalue weighted by molar-refractivity contribution is 5.77. The lowest BCUT2D eigenvalue weighted by atomic mass is 9.90. The van der Waals surface area contributed by atoms with E-state index in [4.69, 9.17) is 10.5 Å². The lowest BCUT2D eigenvalue weighted by molar-refractivity contribution is 0.415. The second-order valence-corrected chi connectivity index (χ2v) is 5.40. The van der Waals surface area contributed by atoms with Crippen LogP contribution in [-0.2, 0) is 0 Å². The molecule has 4 nitrogen and oxygen atoms in total. The molecule has 0 aliphatic carbocycles. The molecule has 1 aromatic carbocycles. The monoisotopic (exact) mass is 287 g/mol. The molecule has 0 bridgehead atoms. The number of methoxy groups -OCH3 is 1. The summed E-state index contributed by atoms with van der Waals surface area (Å²) < 4.78 is 5.32. The van der Waals surface area contributed by atoms with E-state index in [1.165, 1.54) is 0 Å². The number of anilines is 1. The van der Waals surface area contributed by atoms with Gasteiger partial charge < -0.3 is 10.5 Å². The van der Waals surface area contributed by atoms with Gasteiger partial charge in [-0.15, -0.1) is 0 Å². The smallest absolute Gasteiger partial charge is 0.153 e. The van der Waals surface area contributed by atoms with Crippen LogP contribution in [-0.4, -0.2) is 17.3 Å². The Hall–Kier alpha value is -1.97. The van der Waals surface area contributed by atoms with Crippen LogP contribution in [0.5, 0.6) is 5.75 Å². The van der Waals surface area contributed by atoms with Crippen LogP contribution < -0.4 is 10.5 Å². The number of nitrogens with two attached hydrogens (primary N) is 1. The molecule has 0 aliphatic heterocycles. The topological polar surface area (TPSA) is 63.9 Å². The van der Waals surface area contributed by atoms with Crippen LogP contribution in [0.1, 0.15) is 51.1 Å². The van der Waals surface area contributed by atoms with Crippen molar-refractivity contribution in [2.75, 3.05) is 12.8 Å². The minimum atomic E-state index is 0.478. The number of nitrogen functional groups attached to an aromatic ring is 1. The summed E-state index contributed by atoms with van der Waals surface area (Å²) in [5, 5.41) is 7.41. The molecule has 4 heteroatoms. The first-order valence-corrected chi connectivity index (χ1v) is 7.69. The van der Waals surface area contributed by atoms with E-state index in [0.717, 1.165) is 48.3 Å². The number of hydrogen-bond donors (Lipinski definition) is 2. The van der Waals surface area contributed by atoms with Crippen molar-refractivity contribution in [3.05, 3.63) is 30.0 Å². The predicted octanol–water partition coefficient (Wildman–Crippen LogP) is 4.35. The lowest BCUT2D eigenvalue weighted by Crippen LogP contribution is -2.01. The molecule has 1 heterocycles. The molecule has 0 radical (unpaired) electrons. The van der Waals surface area contributed by atoms with Crippen molar-refractivity contribution in [3.8, 4) is 16.9 Å². The van der Waals surface area contributed by atoms with E-state index in [1.54, 1.807) is 7.11 Å². The van der Waals surface area contributed by atoms with Gasteiger partial charge in [0.05, 0.1) is 7.11 Å². The number of H-pyrrole nitrogens is 1. The molecule has 2 rings (SSSR count). The fourth-order valence-electron chi connectivity index (χ4n) is 2.88. The number of aromatic nitrogens is 2. The molecule has 21 heavy (non-hydrogen) atoms. The standard InChI is InChI=1S/C17H25N3O/c1-4-7-12(8-5-2)16-15(17(18)20-19-16)13-9-6-10-14(11-13)21-3/h6,9-12H,4-5,7-8H2,1-3H3,(H3,18,19,20). The lowest BCUT2D eigenvalue weighted by Gasteiger charge is -2.16. The summed E-state index contributed by atoms with van der Waals surface area (Å²) in [6.45, 7) is 4.43. The summed E-state index contributed by atoms with van der Waals surface area (Å²) in [7, 11) is 1.68. The fraction of sp³-hybridized carbons (Fsp3) is 0.471. The molecule has 1 aromatic heterocycles. The third-order valence-corrected chi connectivity index (χ3v) is 3.86. The maximum absolute atomic E-state index is 6.11. The second kappa shape index (κ2) is 7.16. The molecule has 0 saturated carbocycles. The molecule has 0 atom stereocenters. The van der Waals surface area contributed by atoms with Gasteiger partial charge in [0.25, 0.3) is 0 Å². The number of nitrogens with zero attached hydrogens (tertiary/aromatic N) is 1. The van der Waals surface area contributed by atoms with Crippen molar-refractivity contribution in [2.45, 2.75) is 45.4 Å². The van der Waals surface area contributed by atoms with Crippen LogP contribution in [0, 0.1) is 0 Å². The Morgan fingerprint density at radius 3 is 2.57 bits per heavy atom. The van der Waals surface area contributed by atoms with Gasteiger partial charge in [0, 0.05) is 17.2 Å². The van der Waals surface area contributed by atoms with Gasteiger partial charge in [0.15, 0.2) is 5.82 Å². The van der Waals surface area contributed by atoms with Gasteiger partial charge in [0.1, 0.15) is 5.75 Å². The van der Waals surface area contributed by atoms with Gasteiger partial charge in [-0.1, -0.05) is 38.8 Å². The van der Waals surface area contributed by atoms with Crippen molar-refractivity contribution < 1.29 is 4.74 Å². The van der Waals surface area contributed by atoms with Crippen molar-refractivity contribution >= 4 is 5.82 Å². The summed E-state index contributed by atoms with van der Waals surface area (Å²) in [6, 6.07) is 8.00. The van der Waals surface area contributed by atoms with Gasteiger partial charge in [-0.2, -0.15) is 5.10 Å². The van der Waals surface area contributed by atoms with E-state index in [2.05, 4.69) is 30.1 Å². The first-order valence-electron chi connectivity index (χ1n) is 7.69. The molecular weight excluding hydrogens is 262 g/mol. The Balaban J connectivity index is 2.45. The Morgan fingerprint density at radius 1 is 1.24 bits per heavy atom. The number of rotatable bonds is 7. The highest BCUT2D eigenvalue weighted by Crippen LogP contribution is 2.37. The average molecular weight is 287 g/mol. The maximum atomic E-state index is 6.11. The first-order chi connectivity index (χ1) is 10.2. The SMILES string of the molecule is CCCC(CCC)c1[nH]nc(N)c1-c1cccc(OC)c1. The number of benzene rings is 1. The number of aromatic amines is 1. The first kappa shape index (κ1) is 15.4. The molecule has 3 N–H and O–H groups in total. The highest BCUT2D eigenvalue weighted by atomic mass is 16.5. The second-order valence-electron chi connectivity index (χ2n) is 5.40. The van der Waals surface area contributed by atoms with Gasteiger partial charge in [-0.25, -0.2) is 0 Å². The van der Waals surface area contributed by atoms with Gasteiger partial charge in [-0.3, -0.25) is 5.10 Å². The molecule has 0 fully saturated rings. The quantitative estimate of drug-likeness (QED) is 0.795. The van der Waals surface area contributed by atoms with Crippen molar-refractivity contribution in [2.24, 2.45) is 0 Å². The van der Waals surface area contributed by atoms with E-state index in [0.29, 0.717) is 11.7 Å². The molecule has 0 spiro atoms. The molecule has 0 amide bonds. The Labute approximate surface area is 126 Å². The normalized spacial score (nSPS) is 11.0. The van der Waals surface area contributed by atoms with E-state index >= 15 is 0 Å². The van der Waals surface area contributed by atoms with Gasteiger partial charge in [0.2, 0.25) is 0 Å². The third kappa shape index (κ3) is 3.38. The number of nitrogens with one attached hydrogen (secondary N) is 1. The summed E-state index contributed by atoms with van der Waals surface area (Å²) >= 11 is 0. The van der Waals surface area contributed by atoms with Crippen molar-refractivity contribution in [1.82, 2.24) is 10.2 Å². The zero-order valence-electron chi connectivity index (χ0n) is 13.1. The Bertz CT molecular complexity index is 571. The van der Waals surface area contributed by atoms with Crippen molar-refractivity contribution in [1.29, 1.82) is 0 Å². The minimum Gasteiger partial charge on any atom is -0.497 e. The van der Waals surface area contributed by atoms with Gasteiger partial charge >= 0.3 is 0 Å². The summed E-state index contributed by atoms with van der Waals surface area (Å²) in [5.41, 5.74) is 9.36. The Morgan fingerprint density at radius 2 is 1.95 bits per heavy atom. The number of hydrogen-bond acceptors (Lipinski definition) is 3. The Kier molecular flexibility index (Phi) is 5.26. The van der Waals surface area contributed by atoms with Crippen LogP contribution in [0.2, 0.25) is 0 Å². The third-order valence-electron chi connectivity index (χ3n) is 3.86. The highest BCUT2D eigenvalue weighted by Gasteiger charge is 2.20. The van der Waals surface area contributed by atoms with E-state index < -0.39 is 0 Å². The van der Waals surface area contributed by atoms with Crippen LogP contribution >= 0.6 is 0 Å². The molecular formula is C17H25N3O. The summed E-state index contributed by atoms with van der Waals surface area (Å²) in [6.07, 6.45) is 4.60. The van der Waals surface area contributed by atoms with E-state index in [1.807, 2.05) is 18.2 Å². The molecule has 0 saturated heterocycles. The molecule has 0 aliphatic rings. The summed E-state index contributed by atoms with van der Waals surface area (Å²) in [5.74, 6) is 1.88. The molecule has 2 aromatic rings. The number of ether oxygens (including phenoxy) is 1. The molecule has 0 unspecified atom stereocenters.